The minimum atomic E-state index is -0.328. The van der Waals surface area contributed by atoms with E-state index in [-0.39, 0.29) is 17.6 Å². The van der Waals surface area contributed by atoms with Gasteiger partial charge in [-0.25, -0.2) is 0 Å². The lowest BCUT2D eigenvalue weighted by atomic mass is 10.2. The van der Waals surface area contributed by atoms with Crippen LogP contribution in [0.3, 0.4) is 0 Å². The second-order valence-electron chi connectivity index (χ2n) is 6.94. The van der Waals surface area contributed by atoms with E-state index in [0.717, 1.165) is 38.5 Å². The van der Waals surface area contributed by atoms with Gasteiger partial charge in [0.1, 0.15) is 4.38 Å². The lowest BCUT2D eigenvalue weighted by Gasteiger charge is -2.32. The molecule has 0 spiro atoms. The maximum Gasteiger partial charge on any atom is 0.285 e. The highest BCUT2D eigenvalue weighted by molar-refractivity contribution is 8.46. The van der Waals surface area contributed by atoms with Crippen LogP contribution in [0.4, 0.5) is 11.4 Å². The normalized spacial score (nSPS) is 16.0. The molecule has 2 aliphatic rings. The third-order valence-corrected chi connectivity index (χ3v) is 8.07. The van der Waals surface area contributed by atoms with Gasteiger partial charge in [0.2, 0.25) is 5.12 Å². The maximum atomic E-state index is 13.0. The van der Waals surface area contributed by atoms with Gasteiger partial charge in [0.15, 0.2) is 0 Å². The molecule has 8 heteroatoms. The molecule has 158 valence electrons. The lowest BCUT2D eigenvalue weighted by Crippen LogP contribution is -2.26. The van der Waals surface area contributed by atoms with Crippen LogP contribution >= 0.6 is 46.9 Å². The summed E-state index contributed by atoms with van der Waals surface area (Å²) in [6.45, 7) is 0.184. The molecule has 0 N–H and O–H groups in total. The number of hydrogen-bond donors (Lipinski definition) is 0. The van der Waals surface area contributed by atoms with E-state index in [1.165, 1.54) is 11.8 Å². The Morgan fingerprint density at radius 1 is 0.938 bits per heavy atom. The molecule has 1 amide bonds. The maximum absolute atomic E-state index is 13.0. The third-order valence-electron chi connectivity index (χ3n) is 4.79. The van der Waals surface area contributed by atoms with Gasteiger partial charge in [-0.1, -0.05) is 71.5 Å². The molecule has 5 rings (SSSR count). The van der Waals surface area contributed by atoms with Crippen LogP contribution in [0.15, 0.2) is 92.5 Å². The van der Waals surface area contributed by atoms with Crippen molar-refractivity contribution in [2.75, 3.05) is 11.4 Å². The van der Waals surface area contributed by atoms with Gasteiger partial charge in [-0.3, -0.25) is 9.59 Å². The summed E-state index contributed by atoms with van der Waals surface area (Å²) in [5, 5.41) is 0.559. The summed E-state index contributed by atoms with van der Waals surface area (Å²) in [4.78, 5) is 34.1. The van der Waals surface area contributed by atoms with Crippen molar-refractivity contribution < 1.29 is 9.59 Å². The van der Waals surface area contributed by atoms with Gasteiger partial charge in [0.25, 0.3) is 5.91 Å². The monoisotopic (exact) mass is 494 g/mol. The first-order valence-corrected chi connectivity index (χ1v) is 12.5. The van der Waals surface area contributed by atoms with Crippen LogP contribution in [-0.4, -0.2) is 21.9 Å². The quantitative estimate of drug-likeness (QED) is 0.370. The number of carbonyl (C=O) groups is 2. The Kier molecular flexibility index (Phi) is 6.15. The summed E-state index contributed by atoms with van der Waals surface area (Å²) in [5.74, 6) is -0.328. The Labute approximate surface area is 203 Å². The van der Waals surface area contributed by atoms with Gasteiger partial charge in [0.05, 0.1) is 22.8 Å². The SMILES string of the molecule is O=C(CN1c2ccccc2Sc2ccccc21)SC1=NC(=O)/C(=C\c2ccc(Cl)cc2)S1. The molecule has 0 bridgehead atoms. The van der Waals surface area contributed by atoms with E-state index >= 15 is 0 Å². The van der Waals surface area contributed by atoms with Crippen LogP contribution in [0.25, 0.3) is 6.08 Å². The van der Waals surface area contributed by atoms with Crippen molar-refractivity contribution in [3.8, 4) is 0 Å². The third kappa shape index (κ3) is 4.52. The molecular formula is C24H15ClN2O2S3. The number of fused-ring (bicyclic) bond motifs is 2. The highest BCUT2D eigenvalue weighted by Gasteiger charge is 2.28. The Balaban J connectivity index is 1.31. The molecule has 2 aliphatic heterocycles. The van der Waals surface area contributed by atoms with E-state index in [1.54, 1.807) is 30.0 Å². The van der Waals surface area contributed by atoms with Crippen LogP contribution in [0.2, 0.25) is 5.02 Å². The summed E-state index contributed by atoms with van der Waals surface area (Å²) in [5.41, 5.74) is 2.87. The number of amides is 1. The van der Waals surface area contributed by atoms with Gasteiger partial charge >= 0.3 is 0 Å². The van der Waals surface area contributed by atoms with Crippen molar-refractivity contribution >= 4 is 79.7 Å². The van der Waals surface area contributed by atoms with E-state index in [9.17, 15) is 9.59 Å². The van der Waals surface area contributed by atoms with Crippen LogP contribution in [0.1, 0.15) is 5.56 Å². The number of para-hydroxylation sites is 2. The molecule has 0 atom stereocenters. The molecule has 0 aliphatic carbocycles. The van der Waals surface area contributed by atoms with Gasteiger partial charge in [-0.2, -0.15) is 4.99 Å². The number of anilines is 2. The van der Waals surface area contributed by atoms with Gasteiger partial charge in [0, 0.05) is 14.8 Å². The zero-order chi connectivity index (χ0) is 22.1. The number of carbonyl (C=O) groups excluding carboxylic acids is 2. The lowest BCUT2D eigenvalue weighted by molar-refractivity contribution is -0.113. The molecule has 0 fully saturated rings. The number of rotatable bonds is 3. The number of halogens is 1. The summed E-state index contributed by atoms with van der Waals surface area (Å²) < 4.78 is 0.452. The minimum Gasteiger partial charge on any atom is -0.331 e. The first kappa shape index (κ1) is 21.4. The summed E-state index contributed by atoms with van der Waals surface area (Å²) in [6.07, 6.45) is 1.76. The standard InChI is InChI=1S/C24H15ClN2O2S3/c25-16-11-9-15(10-12-16)13-21-23(29)26-24(31-21)32-22(28)14-27-17-5-1-3-7-19(17)30-20-8-4-2-6-18(20)27/h1-13H,14H2/b21-13+. The van der Waals surface area contributed by atoms with Crippen LogP contribution < -0.4 is 4.90 Å². The summed E-state index contributed by atoms with van der Waals surface area (Å²) in [7, 11) is 0. The molecule has 0 radical (unpaired) electrons. The van der Waals surface area contributed by atoms with Crippen LogP contribution in [0, 0.1) is 0 Å². The fourth-order valence-corrected chi connectivity index (χ4v) is 6.45. The predicted molar refractivity (Wildman–Crippen MR) is 136 cm³/mol. The van der Waals surface area contributed by atoms with Crippen LogP contribution in [-0.2, 0) is 9.59 Å². The molecule has 0 unspecified atom stereocenters. The topological polar surface area (TPSA) is 49.7 Å². The minimum absolute atomic E-state index is 0.0756. The number of benzene rings is 3. The second-order valence-corrected chi connectivity index (χ2v) is 10.8. The summed E-state index contributed by atoms with van der Waals surface area (Å²) in [6, 6.07) is 23.3. The molecule has 0 saturated carbocycles. The summed E-state index contributed by atoms with van der Waals surface area (Å²) >= 11 is 9.86. The average Bonchev–Trinajstić information content (AvgIpc) is 3.13. The van der Waals surface area contributed by atoms with E-state index < -0.39 is 0 Å². The zero-order valence-corrected chi connectivity index (χ0v) is 19.7. The van der Waals surface area contributed by atoms with E-state index in [2.05, 4.69) is 17.1 Å². The highest BCUT2D eigenvalue weighted by atomic mass is 35.5. The molecule has 3 aromatic carbocycles. The van der Waals surface area contributed by atoms with Crippen molar-refractivity contribution in [3.05, 3.63) is 88.3 Å². The number of aliphatic imine (C=N–C) groups is 1. The molecule has 0 aromatic heterocycles. The van der Waals surface area contributed by atoms with Crippen LogP contribution in [0.5, 0.6) is 0 Å². The van der Waals surface area contributed by atoms with E-state index in [4.69, 9.17) is 11.6 Å². The molecule has 32 heavy (non-hydrogen) atoms. The Morgan fingerprint density at radius 2 is 1.56 bits per heavy atom. The Morgan fingerprint density at radius 3 is 2.22 bits per heavy atom. The van der Waals surface area contributed by atoms with Crippen molar-refractivity contribution in [3.63, 3.8) is 0 Å². The van der Waals surface area contributed by atoms with Gasteiger partial charge in [-0.15, -0.1) is 0 Å². The number of nitrogens with zero attached hydrogens (tertiary/aromatic N) is 2. The molecule has 2 heterocycles. The molecular weight excluding hydrogens is 480 g/mol. The fourth-order valence-electron chi connectivity index (χ4n) is 3.35. The number of hydrogen-bond acceptors (Lipinski definition) is 6. The van der Waals surface area contributed by atoms with Gasteiger partial charge < -0.3 is 4.90 Å². The largest absolute Gasteiger partial charge is 0.331 e. The van der Waals surface area contributed by atoms with Crippen molar-refractivity contribution in [1.29, 1.82) is 0 Å². The average molecular weight is 495 g/mol. The Hall–Kier alpha value is -2.45. The predicted octanol–water partition coefficient (Wildman–Crippen LogP) is 6.87. The zero-order valence-electron chi connectivity index (χ0n) is 16.5. The first-order chi connectivity index (χ1) is 15.6. The van der Waals surface area contributed by atoms with Crippen molar-refractivity contribution in [2.45, 2.75) is 9.79 Å². The molecule has 3 aromatic rings. The molecule has 0 saturated heterocycles. The first-order valence-electron chi connectivity index (χ1n) is 9.69. The number of thioether (sulfide) groups is 2. The molecule has 4 nitrogen and oxygen atoms in total. The Bertz CT molecular complexity index is 1240. The van der Waals surface area contributed by atoms with E-state index in [0.29, 0.717) is 14.3 Å². The fraction of sp³-hybridized carbons (Fsp3) is 0.0417. The second kappa shape index (κ2) is 9.19. The van der Waals surface area contributed by atoms with Crippen molar-refractivity contribution in [2.24, 2.45) is 4.99 Å². The van der Waals surface area contributed by atoms with Crippen molar-refractivity contribution in [1.82, 2.24) is 0 Å². The highest BCUT2D eigenvalue weighted by Crippen LogP contribution is 2.48. The van der Waals surface area contributed by atoms with Gasteiger partial charge in [-0.05, 0) is 59.8 Å². The smallest absolute Gasteiger partial charge is 0.285 e. The van der Waals surface area contributed by atoms with E-state index in [1.807, 2.05) is 53.4 Å².